The molecular formula is C27H16FNO7. The number of hydrogen-bond acceptors (Lipinski definition) is 7. The fourth-order valence-corrected chi connectivity index (χ4v) is 5.75. The molecule has 2 saturated heterocycles. The molecule has 4 aliphatic rings. The smallest absolute Gasteiger partial charge is 0.241 e. The first-order chi connectivity index (χ1) is 17.4. The van der Waals surface area contributed by atoms with E-state index in [1.54, 1.807) is 18.2 Å². The minimum atomic E-state index is -2.19. The number of fused-ring (bicyclic) bond motifs is 4. The van der Waals surface area contributed by atoms with Gasteiger partial charge in [-0.2, -0.15) is 0 Å². The molecule has 0 bridgehead atoms. The second kappa shape index (κ2) is 7.08. The molecule has 3 aromatic carbocycles. The maximum Gasteiger partial charge on any atom is 0.241 e. The number of nitrogens with zero attached hydrogens (tertiary/aromatic N) is 1. The molecule has 0 N–H and O–H groups in total. The SMILES string of the molecule is O=C1[C@@H]2[C@@H](C(=O)N1c1ccc3c(c1)OCO3)C1(O[C@H]2c2ccc(F)cc2)C(=O)c2ccccc2C1=O. The number of ketones is 2. The Balaban J connectivity index is 1.40. The third kappa shape index (κ3) is 2.50. The number of amides is 2. The number of Topliss-reactive ketones (excluding diaryl/α,β-unsaturated/α-hetero) is 2. The van der Waals surface area contributed by atoms with Crippen LogP contribution in [0.1, 0.15) is 32.4 Å². The van der Waals surface area contributed by atoms with Crippen LogP contribution in [0.4, 0.5) is 10.1 Å². The molecule has 178 valence electrons. The van der Waals surface area contributed by atoms with Gasteiger partial charge in [-0.1, -0.05) is 36.4 Å². The van der Waals surface area contributed by atoms with Crippen molar-refractivity contribution >= 4 is 29.1 Å². The van der Waals surface area contributed by atoms with Crippen molar-refractivity contribution in [3.8, 4) is 11.5 Å². The Bertz CT molecular complexity index is 1480. The highest BCUT2D eigenvalue weighted by molar-refractivity contribution is 6.37. The number of hydrogen-bond donors (Lipinski definition) is 0. The summed E-state index contributed by atoms with van der Waals surface area (Å²) in [6.07, 6.45) is -1.12. The summed E-state index contributed by atoms with van der Waals surface area (Å²) in [5.41, 5.74) is -1.29. The van der Waals surface area contributed by atoms with Crippen molar-refractivity contribution in [1.82, 2.24) is 0 Å². The summed E-state index contributed by atoms with van der Waals surface area (Å²) in [5.74, 6) is -4.87. The summed E-state index contributed by atoms with van der Waals surface area (Å²) in [5, 5.41) is 0. The van der Waals surface area contributed by atoms with Crippen molar-refractivity contribution in [1.29, 1.82) is 0 Å². The van der Waals surface area contributed by atoms with Gasteiger partial charge in [0.1, 0.15) is 5.82 Å². The molecule has 0 aromatic heterocycles. The molecule has 3 aromatic rings. The Labute approximate surface area is 203 Å². The van der Waals surface area contributed by atoms with E-state index in [0.29, 0.717) is 17.1 Å². The summed E-state index contributed by atoms with van der Waals surface area (Å²) < 4.78 is 30.6. The highest BCUT2D eigenvalue weighted by Crippen LogP contribution is 2.58. The average Bonchev–Trinajstić information content (AvgIpc) is 3.61. The first kappa shape index (κ1) is 21.0. The Kier molecular flexibility index (Phi) is 4.12. The van der Waals surface area contributed by atoms with E-state index >= 15 is 0 Å². The normalized spacial score (nSPS) is 25.1. The molecule has 8 nitrogen and oxygen atoms in total. The van der Waals surface area contributed by atoms with Gasteiger partial charge in [0.15, 0.2) is 11.5 Å². The quantitative estimate of drug-likeness (QED) is 0.406. The van der Waals surface area contributed by atoms with Crippen LogP contribution >= 0.6 is 0 Å². The molecule has 0 saturated carbocycles. The lowest BCUT2D eigenvalue weighted by Gasteiger charge is -2.27. The molecule has 2 fully saturated rings. The predicted octanol–water partition coefficient (Wildman–Crippen LogP) is 3.25. The van der Waals surface area contributed by atoms with Gasteiger partial charge in [0.2, 0.25) is 35.8 Å². The predicted molar refractivity (Wildman–Crippen MR) is 120 cm³/mol. The summed E-state index contributed by atoms with van der Waals surface area (Å²) in [6, 6.07) is 16.1. The topological polar surface area (TPSA) is 99.2 Å². The van der Waals surface area contributed by atoms with Gasteiger partial charge in [-0.3, -0.25) is 19.2 Å². The van der Waals surface area contributed by atoms with E-state index in [9.17, 15) is 23.6 Å². The minimum absolute atomic E-state index is 0.0107. The van der Waals surface area contributed by atoms with Gasteiger partial charge in [-0.15, -0.1) is 0 Å². The van der Waals surface area contributed by atoms with Crippen molar-refractivity contribution in [2.75, 3.05) is 11.7 Å². The van der Waals surface area contributed by atoms with Gasteiger partial charge < -0.3 is 14.2 Å². The molecule has 0 radical (unpaired) electrons. The van der Waals surface area contributed by atoms with Crippen molar-refractivity contribution in [3.63, 3.8) is 0 Å². The lowest BCUT2D eigenvalue weighted by molar-refractivity contribution is -0.127. The first-order valence-electron chi connectivity index (χ1n) is 11.3. The van der Waals surface area contributed by atoms with Crippen molar-refractivity contribution < 1.29 is 37.8 Å². The Morgan fingerprint density at radius 2 is 1.47 bits per heavy atom. The second-order valence-electron chi connectivity index (χ2n) is 9.08. The molecule has 7 rings (SSSR count). The second-order valence-corrected chi connectivity index (χ2v) is 9.08. The zero-order valence-electron chi connectivity index (χ0n) is 18.5. The van der Waals surface area contributed by atoms with Crippen LogP contribution in [0.3, 0.4) is 0 Å². The van der Waals surface area contributed by atoms with Crippen LogP contribution in [-0.4, -0.2) is 35.8 Å². The van der Waals surface area contributed by atoms with Gasteiger partial charge in [-0.25, -0.2) is 9.29 Å². The summed E-state index contributed by atoms with van der Waals surface area (Å²) in [7, 11) is 0. The van der Waals surface area contributed by atoms with Crippen LogP contribution in [0.25, 0.3) is 0 Å². The molecule has 3 aliphatic heterocycles. The van der Waals surface area contributed by atoms with Crippen LogP contribution in [0, 0.1) is 17.7 Å². The minimum Gasteiger partial charge on any atom is -0.454 e. The largest absolute Gasteiger partial charge is 0.454 e. The molecule has 36 heavy (non-hydrogen) atoms. The van der Waals surface area contributed by atoms with E-state index in [1.165, 1.54) is 48.5 Å². The molecule has 3 atom stereocenters. The maximum atomic E-state index is 13.9. The van der Waals surface area contributed by atoms with E-state index in [1.807, 2.05) is 0 Å². The van der Waals surface area contributed by atoms with E-state index in [0.717, 1.165) is 4.90 Å². The maximum absolute atomic E-state index is 13.9. The highest BCUT2D eigenvalue weighted by atomic mass is 19.1. The van der Waals surface area contributed by atoms with Crippen LogP contribution in [-0.2, 0) is 14.3 Å². The Hall–Kier alpha value is -4.37. The molecule has 1 aliphatic carbocycles. The van der Waals surface area contributed by atoms with Gasteiger partial charge in [0.25, 0.3) is 0 Å². The number of carbonyl (C=O) groups is 4. The lowest BCUT2D eigenvalue weighted by atomic mass is 9.77. The average molecular weight is 485 g/mol. The van der Waals surface area contributed by atoms with Crippen LogP contribution in [0.15, 0.2) is 66.7 Å². The van der Waals surface area contributed by atoms with E-state index in [4.69, 9.17) is 14.2 Å². The van der Waals surface area contributed by atoms with Crippen molar-refractivity contribution in [2.45, 2.75) is 11.7 Å². The van der Waals surface area contributed by atoms with Crippen LogP contribution in [0.5, 0.6) is 11.5 Å². The third-order valence-electron chi connectivity index (χ3n) is 7.33. The molecule has 3 heterocycles. The zero-order chi connectivity index (χ0) is 24.8. The first-order valence-corrected chi connectivity index (χ1v) is 11.3. The molecular weight excluding hydrogens is 469 g/mol. The number of anilines is 1. The van der Waals surface area contributed by atoms with E-state index in [2.05, 4.69) is 0 Å². The van der Waals surface area contributed by atoms with Gasteiger partial charge in [0, 0.05) is 17.2 Å². The van der Waals surface area contributed by atoms with Gasteiger partial charge in [-0.05, 0) is 29.8 Å². The van der Waals surface area contributed by atoms with E-state index < -0.39 is 52.7 Å². The Morgan fingerprint density at radius 3 is 2.17 bits per heavy atom. The van der Waals surface area contributed by atoms with Gasteiger partial charge >= 0.3 is 0 Å². The third-order valence-corrected chi connectivity index (χ3v) is 7.33. The number of ether oxygens (including phenoxy) is 3. The number of benzene rings is 3. The monoisotopic (exact) mass is 485 g/mol. The molecule has 0 unspecified atom stereocenters. The number of rotatable bonds is 2. The summed E-state index contributed by atoms with van der Waals surface area (Å²) in [6.45, 7) is 0.0107. The number of halogens is 1. The lowest BCUT2D eigenvalue weighted by Crippen LogP contribution is -2.51. The fourth-order valence-electron chi connectivity index (χ4n) is 5.75. The van der Waals surface area contributed by atoms with Crippen LogP contribution in [0.2, 0.25) is 0 Å². The van der Waals surface area contributed by atoms with E-state index in [-0.39, 0.29) is 23.6 Å². The highest BCUT2D eigenvalue weighted by Gasteiger charge is 2.74. The zero-order valence-corrected chi connectivity index (χ0v) is 18.5. The summed E-state index contributed by atoms with van der Waals surface area (Å²) in [4.78, 5) is 56.2. The van der Waals surface area contributed by atoms with Gasteiger partial charge in [0.05, 0.1) is 23.6 Å². The molecule has 1 spiro atoms. The summed E-state index contributed by atoms with van der Waals surface area (Å²) >= 11 is 0. The Morgan fingerprint density at radius 1 is 0.806 bits per heavy atom. The molecule has 2 amide bonds. The standard InChI is InChI=1S/C27H16FNO7/c28-14-7-5-13(6-8-14)22-20-21(27(36-22)23(30)16-3-1-2-4-17(16)24(27)31)26(33)29(25(20)32)15-9-10-18-19(11-15)35-12-34-18/h1-11,20-22H,12H2/t20-,21+,22+/m1/s1. The van der Waals surface area contributed by atoms with Crippen molar-refractivity contribution in [2.24, 2.45) is 11.8 Å². The number of imide groups is 1. The molecule has 9 heteroatoms. The fraction of sp³-hybridized carbons (Fsp3) is 0.185. The van der Waals surface area contributed by atoms with Crippen molar-refractivity contribution in [3.05, 3.63) is 89.2 Å². The van der Waals surface area contributed by atoms with Crippen LogP contribution < -0.4 is 14.4 Å². The number of carbonyl (C=O) groups excluding carboxylic acids is 4.